The Balaban J connectivity index is 2.69. The summed E-state index contributed by atoms with van der Waals surface area (Å²) in [7, 11) is 3.91. The van der Waals surface area contributed by atoms with E-state index in [1.165, 1.54) is 0 Å². The lowest BCUT2D eigenvalue weighted by atomic mass is 10.1. The van der Waals surface area contributed by atoms with Crippen molar-refractivity contribution < 1.29 is 0 Å². The number of hydrogen-bond acceptors (Lipinski definition) is 2. The predicted octanol–water partition coefficient (Wildman–Crippen LogP) is 3.82. The Bertz CT molecular complexity index is 581. The summed E-state index contributed by atoms with van der Waals surface area (Å²) in [6, 6.07) is 4.05. The average Bonchev–Trinajstić information content (AvgIpc) is 2.28. The van der Waals surface area contributed by atoms with E-state index in [1.54, 1.807) is 6.20 Å². The van der Waals surface area contributed by atoms with Crippen LogP contribution >= 0.6 is 38.5 Å². The lowest BCUT2D eigenvalue weighted by molar-refractivity contribution is 0.643. The van der Waals surface area contributed by atoms with E-state index in [2.05, 4.69) is 54.6 Å². The maximum Gasteiger partial charge on any atom is 0.0907 e. The lowest BCUT2D eigenvalue weighted by Gasteiger charge is -2.08. The van der Waals surface area contributed by atoms with E-state index < -0.39 is 0 Å². The van der Waals surface area contributed by atoms with Gasteiger partial charge < -0.3 is 4.90 Å². The predicted molar refractivity (Wildman–Crippen MR) is 84.0 cm³/mol. The highest BCUT2D eigenvalue weighted by Gasteiger charge is 2.08. The second-order valence-electron chi connectivity index (χ2n) is 3.82. The van der Waals surface area contributed by atoms with Gasteiger partial charge in [0.05, 0.1) is 12.0 Å². The number of benzene rings is 1. The molecule has 1 heterocycles. The summed E-state index contributed by atoms with van der Waals surface area (Å²) in [5.74, 6) is 0. The molecule has 17 heavy (non-hydrogen) atoms. The Labute approximate surface area is 122 Å². The van der Waals surface area contributed by atoms with Crippen molar-refractivity contribution in [3.8, 4) is 0 Å². The first kappa shape index (κ1) is 12.8. The molecular formula is C12H11BrIN3. The molecule has 0 aliphatic heterocycles. The summed E-state index contributed by atoms with van der Waals surface area (Å²) < 4.78 is 2.17. The van der Waals surface area contributed by atoms with Gasteiger partial charge in [0.15, 0.2) is 0 Å². The zero-order chi connectivity index (χ0) is 12.4. The van der Waals surface area contributed by atoms with Crippen LogP contribution in [-0.4, -0.2) is 30.3 Å². The third kappa shape index (κ3) is 2.77. The van der Waals surface area contributed by atoms with Crippen LogP contribution in [0, 0.1) is 3.57 Å². The van der Waals surface area contributed by atoms with Gasteiger partial charge in [-0.3, -0.25) is 4.98 Å². The minimum Gasteiger partial charge on any atom is -0.369 e. The Morgan fingerprint density at radius 3 is 2.88 bits per heavy atom. The normalized spacial score (nSPS) is 11.3. The van der Waals surface area contributed by atoms with Crippen molar-refractivity contribution in [3.05, 3.63) is 32.6 Å². The van der Waals surface area contributed by atoms with Gasteiger partial charge in [0.25, 0.3) is 0 Å². The van der Waals surface area contributed by atoms with Crippen molar-refractivity contribution in [3.63, 3.8) is 0 Å². The van der Waals surface area contributed by atoms with Crippen LogP contribution in [0.25, 0.3) is 10.8 Å². The molecule has 0 radical (unpaired) electrons. The number of fused-ring (bicyclic) bond motifs is 1. The zero-order valence-corrected chi connectivity index (χ0v) is 13.2. The maximum atomic E-state index is 4.52. The molecule has 0 N–H and O–H groups in total. The van der Waals surface area contributed by atoms with Gasteiger partial charge in [-0.25, -0.2) is 4.99 Å². The number of hydrogen-bond donors (Lipinski definition) is 0. The number of nitrogens with zero attached hydrogens (tertiary/aromatic N) is 3. The standard InChI is InChI=1S/C12H11BrIN3/c1-17(2)7-16-12-8-3-4-15-6-9(8)10(13)5-11(12)14/h3-7H,1-2H3. The fraction of sp³-hybridized carbons (Fsp3) is 0.167. The van der Waals surface area contributed by atoms with Gasteiger partial charge in [0, 0.05) is 45.3 Å². The summed E-state index contributed by atoms with van der Waals surface area (Å²) in [6.07, 6.45) is 5.45. The summed E-state index contributed by atoms with van der Waals surface area (Å²) in [6.45, 7) is 0. The number of pyridine rings is 1. The van der Waals surface area contributed by atoms with E-state index in [9.17, 15) is 0 Å². The first-order valence-corrected chi connectivity index (χ1v) is 6.89. The van der Waals surface area contributed by atoms with Gasteiger partial charge in [-0.05, 0) is 34.7 Å². The molecule has 0 bridgehead atoms. The van der Waals surface area contributed by atoms with Gasteiger partial charge in [0.2, 0.25) is 0 Å². The zero-order valence-electron chi connectivity index (χ0n) is 9.48. The number of rotatable bonds is 2. The first-order chi connectivity index (χ1) is 8.09. The van der Waals surface area contributed by atoms with Crippen LogP contribution in [0.1, 0.15) is 0 Å². The molecule has 0 aliphatic carbocycles. The third-order valence-corrected chi connectivity index (χ3v) is 3.71. The minimum absolute atomic E-state index is 0.986. The maximum absolute atomic E-state index is 4.52. The van der Waals surface area contributed by atoms with Crippen LogP contribution < -0.4 is 0 Å². The second-order valence-corrected chi connectivity index (χ2v) is 5.83. The van der Waals surface area contributed by atoms with E-state index in [4.69, 9.17) is 0 Å². The highest BCUT2D eigenvalue weighted by molar-refractivity contribution is 14.1. The van der Waals surface area contributed by atoms with Crippen molar-refractivity contribution in [2.45, 2.75) is 0 Å². The molecule has 1 aromatic carbocycles. The van der Waals surface area contributed by atoms with E-state index in [1.807, 2.05) is 37.6 Å². The molecule has 1 aromatic heterocycles. The summed E-state index contributed by atoms with van der Waals surface area (Å²) in [5.41, 5.74) is 0.986. The van der Waals surface area contributed by atoms with E-state index >= 15 is 0 Å². The summed E-state index contributed by atoms with van der Waals surface area (Å²) >= 11 is 5.85. The fourth-order valence-corrected chi connectivity index (χ4v) is 3.20. The third-order valence-electron chi connectivity index (χ3n) is 2.23. The average molecular weight is 404 g/mol. The molecular weight excluding hydrogens is 393 g/mol. The smallest absolute Gasteiger partial charge is 0.0907 e. The quantitative estimate of drug-likeness (QED) is 0.433. The molecule has 2 aromatic rings. The van der Waals surface area contributed by atoms with E-state index in [0.29, 0.717) is 0 Å². The highest BCUT2D eigenvalue weighted by atomic mass is 127. The molecule has 5 heteroatoms. The molecule has 0 spiro atoms. The Morgan fingerprint density at radius 2 is 2.18 bits per heavy atom. The molecule has 0 saturated carbocycles. The topological polar surface area (TPSA) is 28.5 Å². The molecule has 0 saturated heterocycles. The van der Waals surface area contributed by atoms with Crippen molar-refractivity contribution in [1.29, 1.82) is 0 Å². The van der Waals surface area contributed by atoms with Crippen molar-refractivity contribution in [1.82, 2.24) is 9.88 Å². The monoisotopic (exact) mass is 403 g/mol. The Kier molecular flexibility index (Phi) is 3.98. The van der Waals surface area contributed by atoms with Crippen LogP contribution in [0.2, 0.25) is 0 Å². The summed E-state index contributed by atoms with van der Waals surface area (Å²) in [5, 5.41) is 2.19. The van der Waals surface area contributed by atoms with E-state index in [-0.39, 0.29) is 0 Å². The van der Waals surface area contributed by atoms with Crippen LogP contribution in [0.4, 0.5) is 5.69 Å². The van der Waals surface area contributed by atoms with Crippen LogP contribution in [0.5, 0.6) is 0 Å². The Hall–Kier alpha value is -0.690. The second kappa shape index (κ2) is 5.30. The molecule has 3 nitrogen and oxygen atoms in total. The minimum atomic E-state index is 0.986. The molecule has 0 amide bonds. The molecule has 0 atom stereocenters. The molecule has 0 unspecified atom stereocenters. The van der Waals surface area contributed by atoms with Crippen molar-refractivity contribution in [2.24, 2.45) is 4.99 Å². The number of aromatic nitrogens is 1. The van der Waals surface area contributed by atoms with Crippen LogP contribution in [0.3, 0.4) is 0 Å². The van der Waals surface area contributed by atoms with Gasteiger partial charge in [0.1, 0.15) is 0 Å². The van der Waals surface area contributed by atoms with Crippen LogP contribution in [-0.2, 0) is 0 Å². The number of aliphatic imine (C=N–C) groups is 1. The van der Waals surface area contributed by atoms with Crippen molar-refractivity contribution in [2.75, 3.05) is 14.1 Å². The van der Waals surface area contributed by atoms with Gasteiger partial charge >= 0.3 is 0 Å². The molecule has 2 rings (SSSR count). The number of halogens is 2. The van der Waals surface area contributed by atoms with Gasteiger partial charge in [-0.2, -0.15) is 0 Å². The molecule has 0 fully saturated rings. The van der Waals surface area contributed by atoms with Crippen molar-refractivity contribution >= 4 is 61.3 Å². The van der Waals surface area contributed by atoms with E-state index in [0.717, 1.165) is 24.5 Å². The van der Waals surface area contributed by atoms with Gasteiger partial charge in [-0.15, -0.1) is 0 Å². The highest BCUT2D eigenvalue weighted by Crippen LogP contribution is 2.35. The summed E-state index contributed by atoms with van der Waals surface area (Å²) in [4.78, 5) is 10.6. The van der Waals surface area contributed by atoms with Gasteiger partial charge in [-0.1, -0.05) is 15.9 Å². The Morgan fingerprint density at radius 1 is 1.41 bits per heavy atom. The van der Waals surface area contributed by atoms with Crippen LogP contribution in [0.15, 0.2) is 34.0 Å². The lowest BCUT2D eigenvalue weighted by Crippen LogP contribution is -2.07. The fourth-order valence-electron chi connectivity index (χ4n) is 1.48. The SMILES string of the molecule is CN(C)C=Nc1c(I)cc(Br)c2cnccc12. The first-order valence-electron chi connectivity index (χ1n) is 5.02. The molecule has 88 valence electrons. The largest absolute Gasteiger partial charge is 0.369 e. The molecule has 0 aliphatic rings.